The van der Waals surface area contributed by atoms with Crippen LogP contribution in [-0.2, 0) is 12.4 Å². The highest BCUT2D eigenvalue weighted by molar-refractivity contribution is 8.13. The lowest BCUT2D eigenvalue weighted by Crippen LogP contribution is -2.06. The summed E-state index contributed by atoms with van der Waals surface area (Å²) >= 11 is 1.39. The zero-order valence-corrected chi connectivity index (χ0v) is 16.3. The molecule has 7 heteroatoms. The first-order valence-electron chi connectivity index (χ1n) is 8.81. The minimum absolute atomic E-state index is 0.0600. The predicted octanol–water partition coefficient (Wildman–Crippen LogP) is 5.13. The van der Waals surface area contributed by atoms with E-state index in [-0.39, 0.29) is 12.4 Å². The predicted molar refractivity (Wildman–Crippen MR) is 114 cm³/mol. The van der Waals surface area contributed by atoms with Gasteiger partial charge >= 0.3 is 0 Å². The molecule has 0 spiro atoms. The van der Waals surface area contributed by atoms with Crippen LogP contribution in [0.15, 0.2) is 83.0 Å². The Balaban J connectivity index is 1.61. The molecule has 0 aliphatic heterocycles. The first-order valence-corrected chi connectivity index (χ1v) is 9.79. The second kappa shape index (κ2) is 10.4. The number of benzene rings is 3. The van der Waals surface area contributed by atoms with Crippen molar-refractivity contribution in [1.29, 1.82) is 0 Å². The lowest BCUT2D eigenvalue weighted by atomic mass is 10.1. The van der Waals surface area contributed by atoms with Gasteiger partial charge in [-0.25, -0.2) is 8.78 Å². The third kappa shape index (κ3) is 6.43. The van der Waals surface area contributed by atoms with Gasteiger partial charge in [0.15, 0.2) is 16.7 Å². The average Bonchev–Trinajstić information content (AvgIpc) is 2.74. The van der Waals surface area contributed by atoms with E-state index in [9.17, 15) is 8.78 Å². The summed E-state index contributed by atoms with van der Waals surface area (Å²) in [5, 5.41) is 8.37. The van der Waals surface area contributed by atoms with Crippen LogP contribution in [0, 0.1) is 11.6 Å². The fourth-order valence-corrected chi connectivity index (χ4v) is 3.06. The van der Waals surface area contributed by atoms with E-state index in [1.807, 2.05) is 54.6 Å². The summed E-state index contributed by atoms with van der Waals surface area (Å²) in [5.74, 6) is -0.620. The third-order valence-electron chi connectivity index (χ3n) is 3.91. The first-order chi connectivity index (χ1) is 14.1. The number of hydrogen-bond donors (Lipinski definition) is 1. The Hall–Kier alpha value is -3.19. The monoisotopic (exact) mass is 411 g/mol. The maximum Gasteiger partial charge on any atom is 0.180 e. The van der Waals surface area contributed by atoms with Crippen molar-refractivity contribution in [3.8, 4) is 5.75 Å². The molecule has 148 valence electrons. The summed E-state index contributed by atoms with van der Waals surface area (Å²) in [6, 6.07) is 20.3. The minimum Gasteiger partial charge on any atom is -0.486 e. The van der Waals surface area contributed by atoms with Crippen molar-refractivity contribution in [2.24, 2.45) is 15.9 Å². The molecule has 0 fully saturated rings. The molecular weight excluding hydrogens is 392 g/mol. The molecule has 0 saturated heterocycles. The van der Waals surface area contributed by atoms with Crippen molar-refractivity contribution >= 4 is 23.1 Å². The van der Waals surface area contributed by atoms with Gasteiger partial charge in [-0.15, -0.1) is 5.10 Å². The third-order valence-corrected chi connectivity index (χ3v) is 4.77. The Kier molecular flexibility index (Phi) is 7.35. The smallest absolute Gasteiger partial charge is 0.180 e. The van der Waals surface area contributed by atoms with Crippen molar-refractivity contribution < 1.29 is 13.5 Å². The number of nitrogens with zero attached hydrogens (tertiary/aromatic N) is 2. The van der Waals surface area contributed by atoms with Crippen molar-refractivity contribution in [2.75, 3.05) is 0 Å². The largest absolute Gasteiger partial charge is 0.486 e. The van der Waals surface area contributed by atoms with Crippen LogP contribution in [-0.4, -0.2) is 11.4 Å². The molecule has 3 rings (SSSR count). The van der Waals surface area contributed by atoms with Gasteiger partial charge < -0.3 is 10.5 Å². The number of thioether (sulfide) groups is 1. The molecule has 0 amide bonds. The quantitative estimate of drug-likeness (QED) is 0.333. The number of hydrogen-bond acceptors (Lipinski definition) is 4. The Bertz CT molecular complexity index is 1010. The lowest BCUT2D eigenvalue weighted by Gasteiger charge is -2.09. The number of rotatable bonds is 7. The van der Waals surface area contributed by atoms with Crippen LogP contribution in [0.5, 0.6) is 5.75 Å². The van der Waals surface area contributed by atoms with Gasteiger partial charge in [-0.2, -0.15) is 5.10 Å². The summed E-state index contributed by atoms with van der Waals surface area (Å²) in [4.78, 5) is 0. The molecule has 0 aliphatic carbocycles. The fraction of sp³-hybridized carbons (Fsp3) is 0.0909. The van der Waals surface area contributed by atoms with E-state index in [0.717, 1.165) is 34.9 Å². The van der Waals surface area contributed by atoms with Crippen LogP contribution in [0.3, 0.4) is 0 Å². The van der Waals surface area contributed by atoms with Gasteiger partial charge in [-0.1, -0.05) is 66.4 Å². The minimum atomic E-state index is -0.620. The molecule has 29 heavy (non-hydrogen) atoms. The number of ether oxygens (including phenoxy) is 1. The van der Waals surface area contributed by atoms with Crippen molar-refractivity contribution in [1.82, 2.24) is 0 Å². The molecule has 0 aromatic heterocycles. The molecule has 0 saturated carbocycles. The molecule has 0 aliphatic rings. The zero-order chi connectivity index (χ0) is 20.5. The fourth-order valence-electron chi connectivity index (χ4n) is 2.44. The highest BCUT2D eigenvalue weighted by Crippen LogP contribution is 2.20. The number of nitrogens with two attached hydrogens (primary N) is 1. The van der Waals surface area contributed by atoms with Crippen LogP contribution >= 0.6 is 11.8 Å². The number of halogens is 2. The van der Waals surface area contributed by atoms with E-state index < -0.39 is 11.6 Å². The van der Waals surface area contributed by atoms with Crippen LogP contribution in [0.25, 0.3) is 0 Å². The maximum atomic E-state index is 13.7. The normalized spacial score (nSPS) is 11.7. The van der Waals surface area contributed by atoms with Gasteiger partial charge in [0.2, 0.25) is 0 Å². The summed E-state index contributed by atoms with van der Waals surface area (Å²) in [6.07, 6.45) is 1.55. The number of amidine groups is 1. The van der Waals surface area contributed by atoms with E-state index in [2.05, 4.69) is 10.2 Å². The standard InChI is InChI=1S/C22H19F2N3OS/c23-19-10-11-20(24)21(12-19)28-14-18-9-5-4-8-17(18)13-26-27-22(25)29-15-16-6-2-1-3-7-16/h1-13H,14-15H2,(H2,25,27). The lowest BCUT2D eigenvalue weighted by molar-refractivity contribution is 0.288. The van der Waals surface area contributed by atoms with Crippen LogP contribution < -0.4 is 10.5 Å². The van der Waals surface area contributed by atoms with E-state index in [0.29, 0.717) is 10.9 Å². The van der Waals surface area contributed by atoms with E-state index in [4.69, 9.17) is 10.5 Å². The molecule has 4 nitrogen and oxygen atoms in total. The van der Waals surface area contributed by atoms with E-state index in [1.54, 1.807) is 6.21 Å². The molecule has 0 atom stereocenters. The average molecular weight is 411 g/mol. The van der Waals surface area contributed by atoms with Gasteiger partial charge in [0.25, 0.3) is 0 Å². The van der Waals surface area contributed by atoms with Crippen LogP contribution in [0.4, 0.5) is 8.78 Å². The van der Waals surface area contributed by atoms with Gasteiger partial charge in [0.1, 0.15) is 12.4 Å². The van der Waals surface area contributed by atoms with E-state index >= 15 is 0 Å². The van der Waals surface area contributed by atoms with Crippen molar-refractivity contribution in [2.45, 2.75) is 12.4 Å². The molecular formula is C22H19F2N3OS. The Labute approximate surface area is 172 Å². The van der Waals surface area contributed by atoms with Crippen molar-refractivity contribution in [3.63, 3.8) is 0 Å². The van der Waals surface area contributed by atoms with Crippen molar-refractivity contribution in [3.05, 3.63) is 101 Å². The SMILES string of the molecule is NC(=NN=Cc1ccccc1COc1cc(F)ccc1F)SCc1ccccc1. The molecule has 2 N–H and O–H groups in total. The molecule has 0 unspecified atom stereocenters. The zero-order valence-electron chi connectivity index (χ0n) is 15.5. The first kappa shape index (κ1) is 20.5. The highest BCUT2D eigenvalue weighted by atomic mass is 32.2. The summed E-state index contributed by atoms with van der Waals surface area (Å²) in [6.45, 7) is 0.0600. The second-order valence-corrected chi connectivity index (χ2v) is 7.01. The highest BCUT2D eigenvalue weighted by Gasteiger charge is 2.07. The Morgan fingerprint density at radius 3 is 2.59 bits per heavy atom. The van der Waals surface area contributed by atoms with Gasteiger partial charge in [-0.3, -0.25) is 0 Å². The Morgan fingerprint density at radius 2 is 1.76 bits per heavy atom. The molecule has 0 heterocycles. The molecule has 3 aromatic rings. The topological polar surface area (TPSA) is 60.0 Å². The molecule has 0 bridgehead atoms. The Morgan fingerprint density at radius 1 is 1.00 bits per heavy atom. The summed E-state index contributed by atoms with van der Waals surface area (Å²) in [7, 11) is 0. The van der Waals surface area contributed by atoms with Gasteiger partial charge in [0.05, 0.1) is 6.21 Å². The summed E-state index contributed by atoms with van der Waals surface area (Å²) < 4.78 is 32.4. The summed E-state index contributed by atoms with van der Waals surface area (Å²) in [5.41, 5.74) is 8.53. The van der Waals surface area contributed by atoms with Gasteiger partial charge in [-0.05, 0) is 23.3 Å². The maximum absolute atomic E-state index is 13.7. The molecule has 3 aromatic carbocycles. The van der Waals surface area contributed by atoms with Crippen LogP contribution in [0.2, 0.25) is 0 Å². The van der Waals surface area contributed by atoms with Crippen LogP contribution in [0.1, 0.15) is 16.7 Å². The second-order valence-electron chi connectivity index (χ2n) is 6.02. The van der Waals surface area contributed by atoms with E-state index in [1.165, 1.54) is 11.8 Å². The van der Waals surface area contributed by atoms with Gasteiger partial charge in [0, 0.05) is 17.4 Å². The molecule has 0 radical (unpaired) electrons.